The maximum absolute atomic E-state index is 4.49. The van der Waals surface area contributed by atoms with Gasteiger partial charge in [0.1, 0.15) is 6.17 Å². The number of hydrogen-bond acceptors (Lipinski definition) is 2. The topological polar surface area (TPSA) is 29.9 Å². The summed E-state index contributed by atoms with van der Waals surface area (Å²) in [4.78, 5) is 0. The molecule has 0 unspecified atom stereocenters. The second-order valence-electron chi connectivity index (χ2n) is 3.84. The Labute approximate surface area is 79.1 Å². The van der Waals surface area contributed by atoms with E-state index in [0.717, 1.165) is 12.2 Å². The minimum Gasteiger partial charge on any atom is -0.296 e. The van der Waals surface area contributed by atoms with Crippen molar-refractivity contribution in [2.75, 3.05) is 6.54 Å². The quantitative estimate of drug-likeness (QED) is 0.712. The average molecular weight is 179 g/mol. The van der Waals surface area contributed by atoms with E-state index in [1.807, 2.05) is 6.92 Å². The van der Waals surface area contributed by atoms with Gasteiger partial charge >= 0.3 is 0 Å². The molecule has 3 nitrogen and oxygen atoms in total. The number of nitrogens with zero attached hydrogens (tertiary/aromatic N) is 2. The van der Waals surface area contributed by atoms with Crippen LogP contribution in [-0.2, 0) is 0 Å². The smallest absolute Gasteiger partial charge is 0.102 e. The molecule has 0 spiro atoms. The molecule has 1 N–H and O–H groups in total. The SMILES string of the molecule is Cc1cc(C)n([C@H]2CCCCN2)n1. The predicted molar refractivity (Wildman–Crippen MR) is 52.6 cm³/mol. The molecule has 0 amide bonds. The van der Waals surface area contributed by atoms with Gasteiger partial charge in [0.25, 0.3) is 0 Å². The highest BCUT2D eigenvalue weighted by Crippen LogP contribution is 2.18. The van der Waals surface area contributed by atoms with Gasteiger partial charge in [0.05, 0.1) is 5.69 Å². The van der Waals surface area contributed by atoms with Gasteiger partial charge in [0.15, 0.2) is 0 Å². The second kappa shape index (κ2) is 3.50. The lowest BCUT2D eigenvalue weighted by molar-refractivity contribution is 0.293. The molecule has 13 heavy (non-hydrogen) atoms. The van der Waals surface area contributed by atoms with Crippen LogP contribution in [0.1, 0.15) is 36.8 Å². The standard InChI is InChI=1S/C10H17N3/c1-8-7-9(2)13(12-8)10-5-3-4-6-11-10/h7,10-11H,3-6H2,1-2H3/t10-/m0/s1. The van der Waals surface area contributed by atoms with Gasteiger partial charge in [-0.15, -0.1) is 0 Å². The first kappa shape index (κ1) is 8.75. The molecule has 1 fully saturated rings. The maximum atomic E-state index is 4.49. The number of rotatable bonds is 1. The molecule has 0 aromatic carbocycles. The summed E-state index contributed by atoms with van der Waals surface area (Å²) < 4.78 is 2.12. The number of piperidine rings is 1. The molecule has 0 aliphatic carbocycles. The van der Waals surface area contributed by atoms with Crippen molar-refractivity contribution in [2.45, 2.75) is 39.3 Å². The van der Waals surface area contributed by atoms with Crippen molar-refractivity contribution in [1.82, 2.24) is 15.1 Å². The maximum Gasteiger partial charge on any atom is 0.102 e. The van der Waals surface area contributed by atoms with Gasteiger partial charge in [-0.1, -0.05) is 0 Å². The van der Waals surface area contributed by atoms with E-state index < -0.39 is 0 Å². The van der Waals surface area contributed by atoms with Crippen LogP contribution >= 0.6 is 0 Å². The van der Waals surface area contributed by atoms with E-state index in [1.165, 1.54) is 25.0 Å². The summed E-state index contributed by atoms with van der Waals surface area (Å²) in [6.07, 6.45) is 4.26. The molecule has 0 radical (unpaired) electrons. The Morgan fingerprint density at radius 2 is 2.31 bits per heavy atom. The van der Waals surface area contributed by atoms with E-state index in [9.17, 15) is 0 Å². The molecule has 1 atom stereocenters. The van der Waals surface area contributed by atoms with Crippen molar-refractivity contribution in [3.8, 4) is 0 Å². The van der Waals surface area contributed by atoms with E-state index in [0.29, 0.717) is 6.17 Å². The van der Waals surface area contributed by atoms with Crippen LogP contribution in [0.25, 0.3) is 0 Å². The van der Waals surface area contributed by atoms with Crippen molar-refractivity contribution < 1.29 is 0 Å². The normalized spacial score (nSPS) is 23.4. The van der Waals surface area contributed by atoms with E-state index in [1.54, 1.807) is 0 Å². The van der Waals surface area contributed by atoms with Crippen LogP contribution in [-0.4, -0.2) is 16.3 Å². The summed E-state index contributed by atoms with van der Waals surface area (Å²) in [6.45, 7) is 5.30. The van der Waals surface area contributed by atoms with Crippen LogP contribution in [0.3, 0.4) is 0 Å². The number of hydrogen-bond donors (Lipinski definition) is 1. The third-order valence-electron chi connectivity index (χ3n) is 2.62. The van der Waals surface area contributed by atoms with Crippen molar-refractivity contribution in [2.24, 2.45) is 0 Å². The van der Waals surface area contributed by atoms with Crippen LogP contribution in [0.2, 0.25) is 0 Å². The van der Waals surface area contributed by atoms with Crippen molar-refractivity contribution in [3.63, 3.8) is 0 Å². The van der Waals surface area contributed by atoms with Crippen molar-refractivity contribution in [1.29, 1.82) is 0 Å². The van der Waals surface area contributed by atoms with Gasteiger partial charge in [0, 0.05) is 5.69 Å². The number of nitrogens with one attached hydrogen (secondary N) is 1. The lowest BCUT2D eigenvalue weighted by Crippen LogP contribution is -2.32. The Balaban J connectivity index is 2.18. The first-order chi connectivity index (χ1) is 6.27. The molecule has 2 rings (SSSR count). The summed E-state index contributed by atoms with van der Waals surface area (Å²) in [5, 5.41) is 7.98. The fourth-order valence-corrected chi connectivity index (χ4v) is 2.00. The molecule has 1 aromatic heterocycles. The molecule has 1 aliphatic heterocycles. The fraction of sp³-hybridized carbons (Fsp3) is 0.700. The Kier molecular flexibility index (Phi) is 2.36. The van der Waals surface area contributed by atoms with Gasteiger partial charge < -0.3 is 0 Å². The van der Waals surface area contributed by atoms with Gasteiger partial charge in [0.2, 0.25) is 0 Å². The highest BCUT2D eigenvalue weighted by Gasteiger charge is 2.16. The minimum atomic E-state index is 0.433. The van der Waals surface area contributed by atoms with Gasteiger partial charge in [-0.2, -0.15) is 5.10 Å². The summed E-state index contributed by atoms with van der Waals surface area (Å²) in [6, 6.07) is 2.14. The Morgan fingerprint density at radius 1 is 1.46 bits per heavy atom. The van der Waals surface area contributed by atoms with Gasteiger partial charge in [-0.25, -0.2) is 0 Å². The average Bonchev–Trinajstić information content (AvgIpc) is 2.47. The van der Waals surface area contributed by atoms with Crippen LogP contribution in [0.4, 0.5) is 0 Å². The van der Waals surface area contributed by atoms with Crippen LogP contribution in [0, 0.1) is 13.8 Å². The zero-order chi connectivity index (χ0) is 9.26. The molecule has 2 heterocycles. The van der Waals surface area contributed by atoms with Crippen LogP contribution < -0.4 is 5.32 Å². The fourth-order valence-electron chi connectivity index (χ4n) is 2.00. The molecule has 0 saturated carbocycles. The van der Waals surface area contributed by atoms with E-state index in [-0.39, 0.29) is 0 Å². The third kappa shape index (κ3) is 1.75. The summed E-state index contributed by atoms with van der Waals surface area (Å²) in [5.41, 5.74) is 2.38. The molecular weight excluding hydrogens is 162 g/mol. The van der Waals surface area contributed by atoms with Crippen molar-refractivity contribution >= 4 is 0 Å². The van der Waals surface area contributed by atoms with Gasteiger partial charge in [-0.3, -0.25) is 10.00 Å². The first-order valence-corrected chi connectivity index (χ1v) is 5.03. The Morgan fingerprint density at radius 3 is 2.85 bits per heavy atom. The second-order valence-corrected chi connectivity index (χ2v) is 3.84. The largest absolute Gasteiger partial charge is 0.296 e. The van der Waals surface area contributed by atoms with E-state index in [2.05, 4.69) is 28.1 Å². The third-order valence-corrected chi connectivity index (χ3v) is 2.62. The zero-order valence-corrected chi connectivity index (χ0v) is 8.38. The lowest BCUT2D eigenvalue weighted by atomic mass is 10.1. The monoisotopic (exact) mass is 179 g/mol. The summed E-state index contributed by atoms with van der Waals surface area (Å²) >= 11 is 0. The number of aromatic nitrogens is 2. The highest BCUT2D eigenvalue weighted by atomic mass is 15.4. The van der Waals surface area contributed by atoms with E-state index in [4.69, 9.17) is 0 Å². The molecule has 1 aliphatic rings. The van der Waals surface area contributed by atoms with Gasteiger partial charge in [-0.05, 0) is 45.7 Å². The first-order valence-electron chi connectivity index (χ1n) is 5.03. The van der Waals surface area contributed by atoms with Crippen LogP contribution in [0.5, 0.6) is 0 Å². The molecule has 3 heteroatoms. The summed E-state index contributed by atoms with van der Waals surface area (Å²) in [7, 11) is 0. The number of aryl methyl sites for hydroxylation is 2. The molecular formula is C10H17N3. The predicted octanol–water partition coefficient (Wildman–Crippen LogP) is 1.77. The molecule has 72 valence electrons. The summed E-state index contributed by atoms with van der Waals surface area (Å²) in [5.74, 6) is 0. The lowest BCUT2D eigenvalue weighted by Gasteiger charge is -2.24. The molecule has 0 bridgehead atoms. The Bertz CT molecular complexity index is 284. The highest BCUT2D eigenvalue weighted by molar-refractivity contribution is 5.07. The molecule has 1 aromatic rings. The minimum absolute atomic E-state index is 0.433. The zero-order valence-electron chi connectivity index (χ0n) is 8.38. The Hall–Kier alpha value is -0.830. The molecule has 1 saturated heterocycles. The van der Waals surface area contributed by atoms with E-state index >= 15 is 0 Å². The van der Waals surface area contributed by atoms with Crippen LogP contribution in [0.15, 0.2) is 6.07 Å². The van der Waals surface area contributed by atoms with Crippen molar-refractivity contribution in [3.05, 3.63) is 17.5 Å².